The predicted octanol–water partition coefficient (Wildman–Crippen LogP) is 1.92. The maximum atomic E-state index is 12.9. The summed E-state index contributed by atoms with van der Waals surface area (Å²) in [4.78, 5) is 14.6. The monoisotopic (exact) mass is 426 g/mol. The normalized spacial score (nSPS) is 15.3. The van der Waals surface area contributed by atoms with Crippen molar-refractivity contribution in [1.82, 2.24) is 9.21 Å². The van der Waals surface area contributed by atoms with Crippen molar-refractivity contribution in [1.29, 1.82) is 0 Å². The van der Waals surface area contributed by atoms with Crippen LogP contribution in [0, 0.1) is 0 Å². The van der Waals surface area contributed by atoms with Crippen LogP contribution in [0.5, 0.6) is 17.2 Å². The van der Waals surface area contributed by atoms with Crippen molar-refractivity contribution in [3.63, 3.8) is 0 Å². The highest BCUT2D eigenvalue weighted by molar-refractivity contribution is 7.91. The van der Waals surface area contributed by atoms with Gasteiger partial charge in [0.05, 0.1) is 21.3 Å². The van der Waals surface area contributed by atoms with Gasteiger partial charge in [-0.05, 0) is 23.6 Å². The summed E-state index contributed by atoms with van der Waals surface area (Å²) in [6.45, 7) is 1.10. The highest BCUT2D eigenvalue weighted by Gasteiger charge is 2.31. The van der Waals surface area contributed by atoms with E-state index in [-0.39, 0.29) is 19.0 Å². The minimum Gasteiger partial charge on any atom is -0.493 e. The van der Waals surface area contributed by atoms with Crippen LogP contribution in [0.1, 0.15) is 10.4 Å². The molecule has 0 aliphatic carbocycles. The molecule has 2 heterocycles. The maximum absolute atomic E-state index is 12.9. The van der Waals surface area contributed by atoms with Gasteiger partial charge in [-0.15, -0.1) is 11.3 Å². The fourth-order valence-electron chi connectivity index (χ4n) is 3.06. The lowest BCUT2D eigenvalue weighted by molar-refractivity contribution is 0.0697. The molecule has 1 aromatic heterocycles. The molecule has 0 spiro atoms. The number of piperazine rings is 1. The number of thiophene rings is 1. The third-order valence-corrected chi connectivity index (χ3v) is 7.80. The first-order chi connectivity index (χ1) is 13.4. The molecule has 1 amide bonds. The van der Waals surface area contributed by atoms with Crippen molar-refractivity contribution in [3.8, 4) is 17.2 Å². The molecule has 0 N–H and O–H groups in total. The molecule has 0 unspecified atom stereocenters. The summed E-state index contributed by atoms with van der Waals surface area (Å²) < 4.78 is 42.8. The molecule has 3 rings (SSSR count). The fourth-order valence-corrected chi connectivity index (χ4v) is 5.62. The van der Waals surface area contributed by atoms with E-state index < -0.39 is 10.0 Å². The van der Waals surface area contributed by atoms with Gasteiger partial charge in [-0.3, -0.25) is 4.79 Å². The molecular formula is C18H22N2O6S2. The van der Waals surface area contributed by atoms with E-state index in [4.69, 9.17) is 14.2 Å². The highest BCUT2D eigenvalue weighted by Crippen LogP contribution is 2.38. The van der Waals surface area contributed by atoms with Crippen LogP contribution in [0.3, 0.4) is 0 Å². The van der Waals surface area contributed by atoms with Gasteiger partial charge in [-0.1, -0.05) is 6.07 Å². The van der Waals surface area contributed by atoms with Gasteiger partial charge in [0.15, 0.2) is 11.5 Å². The third-order valence-electron chi connectivity index (χ3n) is 4.53. The van der Waals surface area contributed by atoms with E-state index in [1.165, 1.54) is 37.0 Å². The largest absolute Gasteiger partial charge is 0.493 e. The van der Waals surface area contributed by atoms with E-state index in [1.54, 1.807) is 34.5 Å². The number of benzene rings is 1. The van der Waals surface area contributed by atoms with Crippen LogP contribution in [0.2, 0.25) is 0 Å². The average molecular weight is 427 g/mol. The summed E-state index contributed by atoms with van der Waals surface area (Å²) in [6, 6.07) is 6.49. The molecule has 1 aliphatic rings. The number of carbonyl (C=O) groups excluding carboxylic acids is 1. The number of hydrogen-bond acceptors (Lipinski definition) is 7. The van der Waals surface area contributed by atoms with Crippen LogP contribution >= 0.6 is 11.3 Å². The Balaban J connectivity index is 1.75. The smallest absolute Gasteiger partial charge is 0.254 e. The van der Waals surface area contributed by atoms with Gasteiger partial charge < -0.3 is 19.1 Å². The SMILES string of the molecule is COc1cc(C(=O)N2CCN(S(=O)(=O)c3cccs3)CC2)cc(OC)c1OC. The molecule has 28 heavy (non-hydrogen) atoms. The standard InChI is InChI=1S/C18H22N2O6S2/c1-24-14-11-13(12-15(25-2)17(14)26-3)18(21)19-6-8-20(9-7-19)28(22,23)16-5-4-10-27-16/h4-5,10-12H,6-9H2,1-3H3. The first kappa shape index (κ1) is 20.4. The van der Waals surface area contributed by atoms with Gasteiger partial charge in [0.1, 0.15) is 4.21 Å². The van der Waals surface area contributed by atoms with Crippen molar-refractivity contribution in [2.45, 2.75) is 4.21 Å². The first-order valence-electron chi connectivity index (χ1n) is 8.55. The Kier molecular flexibility index (Phi) is 6.11. The van der Waals surface area contributed by atoms with E-state index in [0.29, 0.717) is 40.1 Å². The van der Waals surface area contributed by atoms with Crippen LogP contribution < -0.4 is 14.2 Å². The van der Waals surface area contributed by atoms with Crippen molar-refractivity contribution in [3.05, 3.63) is 35.2 Å². The molecular weight excluding hydrogens is 404 g/mol. The van der Waals surface area contributed by atoms with Gasteiger partial charge in [-0.25, -0.2) is 8.42 Å². The van der Waals surface area contributed by atoms with Gasteiger partial charge in [0.25, 0.3) is 15.9 Å². The second-order valence-electron chi connectivity index (χ2n) is 6.04. The topological polar surface area (TPSA) is 85.4 Å². The van der Waals surface area contributed by atoms with Crippen LogP contribution in [-0.2, 0) is 10.0 Å². The van der Waals surface area contributed by atoms with Crippen LogP contribution in [0.25, 0.3) is 0 Å². The zero-order valence-corrected chi connectivity index (χ0v) is 17.5. The number of hydrogen-bond donors (Lipinski definition) is 0. The number of ether oxygens (including phenoxy) is 3. The molecule has 1 aliphatic heterocycles. The molecule has 1 fully saturated rings. The molecule has 1 aromatic carbocycles. The number of amides is 1. The summed E-state index contributed by atoms with van der Waals surface area (Å²) in [5.41, 5.74) is 0.393. The Morgan fingerprint density at radius 1 is 1.00 bits per heavy atom. The Morgan fingerprint density at radius 2 is 1.61 bits per heavy atom. The minimum absolute atomic E-state index is 0.215. The van der Waals surface area contributed by atoms with E-state index in [2.05, 4.69) is 0 Å². The van der Waals surface area contributed by atoms with E-state index in [1.807, 2.05) is 0 Å². The third kappa shape index (κ3) is 3.80. The molecule has 0 bridgehead atoms. The Hall–Kier alpha value is -2.30. The van der Waals surface area contributed by atoms with E-state index in [0.717, 1.165) is 0 Å². The van der Waals surface area contributed by atoms with E-state index >= 15 is 0 Å². The Morgan fingerprint density at radius 3 is 2.07 bits per heavy atom. The Bertz CT molecular complexity index is 910. The zero-order chi connectivity index (χ0) is 20.3. The molecule has 10 heteroatoms. The number of methoxy groups -OCH3 is 3. The number of carbonyl (C=O) groups is 1. The van der Waals surface area contributed by atoms with Gasteiger partial charge in [0.2, 0.25) is 5.75 Å². The molecule has 1 saturated heterocycles. The second kappa shape index (κ2) is 8.38. The lowest BCUT2D eigenvalue weighted by Gasteiger charge is -2.33. The fraction of sp³-hybridized carbons (Fsp3) is 0.389. The minimum atomic E-state index is -3.51. The van der Waals surface area contributed by atoms with Gasteiger partial charge in [-0.2, -0.15) is 4.31 Å². The number of nitrogens with zero attached hydrogens (tertiary/aromatic N) is 2. The molecule has 0 atom stereocenters. The van der Waals surface area contributed by atoms with Crippen LogP contribution in [0.4, 0.5) is 0 Å². The van der Waals surface area contributed by atoms with Crippen molar-refractivity contribution in [2.24, 2.45) is 0 Å². The average Bonchev–Trinajstić information content (AvgIpc) is 3.28. The van der Waals surface area contributed by atoms with Crippen molar-refractivity contribution >= 4 is 27.3 Å². The summed E-state index contributed by atoms with van der Waals surface area (Å²) in [5.74, 6) is 0.981. The number of rotatable bonds is 6. The zero-order valence-electron chi connectivity index (χ0n) is 15.9. The van der Waals surface area contributed by atoms with Crippen molar-refractivity contribution < 1.29 is 27.4 Å². The highest BCUT2D eigenvalue weighted by atomic mass is 32.2. The quantitative estimate of drug-likeness (QED) is 0.702. The molecule has 8 nitrogen and oxygen atoms in total. The maximum Gasteiger partial charge on any atom is 0.254 e. The lowest BCUT2D eigenvalue weighted by atomic mass is 10.1. The second-order valence-corrected chi connectivity index (χ2v) is 9.15. The van der Waals surface area contributed by atoms with Gasteiger partial charge in [0, 0.05) is 31.7 Å². The summed E-state index contributed by atoms with van der Waals surface area (Å²) >= 11 is 1.19. The first-order valence-corrected chi connectivity index (χ1v) is 10.9. The number of sulfonamides is 1. The molecule has 0 saturated carbocycles. The Labute approximate surface area is 168 Å². The molecule has 2 aromatic rings. The molecule has 0 radical (unpaired) electrons. The predicted molar refractivity (Wildman–Crippen MR) is 105 cm³/mol. The summed E-state index contributed by atoms with van der Waals surface area (Å²) in [5, 5.41) is 1.73. The van der Waals surface area contributed by atoms with Crippen molar-refractivity contribution in [2.75, 3.05) is 47.5 Å². The summed E-state index contributed by atoms with van der Waals surface area (Å²) in [7, 11) is 0.961. The lowest BCUT2D eigenvalue weighted by Crippen LogP contribution is -2.50. The molecule has 152 valence electrons. The van der Waals surface area contributed by atoms with Crippen LogP contribution in [-0.4, -0.2) is 71.0 Å². The van der Waals surface area contributed by atoms with E-state index in [9.17, 15) is 13.2 Å². The van der Waals surface area contributed by atoms with Gasteiger partial charge >= 0.3 is 0 Å². The summed E-state index contributed by atoms with van der Waals surface area (Å²) in [6.07, 6.45) is 0. The van der Waals surface area contributed by atoms with Crippen LogP contribution in [0.15, 0.2) is 33.9 Å².